The van der Waals surface area contributed by atoms with E-state index in [9.17, 15) is 9.59 Å². The van der Waals surface area contributed by atoms with Gasteiger partial charge in [0.2, 0.25) is 0 Å². The van der Waals surface area contributed by atoms with Crippen LogP contribution in [0, 0.1) is 5.92 Å². The lowest BCUT2D eigenvalue weighted by molar-refractivity contribution is -0.122. The summed E-state index contributed by atoms with van der Waals surface area (Å²) in [6.45, 7) is 10.3. The number of fused-ring (bicyclic) bond motifs is 1. The van der Waals surface area contributed by atoms with Crippen LogP contribution in [0.15, 0.2) is 46.9 Å². The number of hydrogen-bond acceptors (Lipinski definition) is 4. The maximum atomic E-state index is 13.6. The number of nitrogens with zero attached hydrogens (tertiary/aromatic N) is 1. The minimum absolute atomic E-state index is 0.217. The third kappa shape index (κ3) is 6.28. The summed E-state index contributed by atoms with van der Waals surface area (Å²) in [6.07, 6.45) is 1.04. The van der Waals surface area contributed by atoms with E-state index in [-0.39, 0.29) is 11.8 Å². The molecular weight excluding hydrogens is 482 g/mol. The highest BCUT2D eigenvalue weighted by Crippen LogP contribution is 2.32. The smallest absolute Gasteiger partial charge is 0.408 e. The van der Waals surface area contributed by atoms with Crippen molar-refractivity contribution in [3.8, 4) is 0 Å². The minimum Gasteiger partial charge on any atom is -0.449 e. The van der Waals surface area contributed by atoms with Crippen LogP contribution in [-0.4, -0.2) is 37.2 Å². The second kappa shape index (κ2) is 11.1. The highest BCUT2D eigenvalue weighted by atomic mass is 79.9. The van der Waals surface area contributed by atoms with Crippen LogP contribution in [0.25, 0.3) is 0 Å². The normalized spacial score (nSPS) is 17.3. The molecule has 0 heterocycles. The first-order valence-corrected chi connectivity index (χ1v) is 12.4. The molecule has 6 nitrogen and oxygen atoms in total. The molecule has 0 saturated carbocycles. The van der Waals surface area contributed by atoms with Gasteiger partial charge in [-0.25, -0.2) is 4.79 Å². The molecular formula is C26H34BrN3O3. The van der Waals surface area contributed by atoms with Gasteiger partial charge in [0.25, 0.3) is 5.91 Å². The number of nitrogens with one attached hydrogen (secondary N) is 2. The fourth-order valence-corrected chi connectivity index (χ4v) is 4.60. The highest BCUT2D eigenvalue weighted by Gasteiger charge is 2.43. The average molecular weight is 516 g/mol. The number of ether oxygens (including phenoxy) is 1. The molecule has 0 spiro atoms. The summed E-state index contributed by atoms with van der Waals surface area (Å²) < 4.78 is 6.37. The lowest BCUT2D eigenvalue weighted by Crippen LogP contribution is -2.60. The molecule has 2 aromatic rings. The van der Waals surface area contributed by atoms with Crippen LogP contribution < -0.4 is 15.5 Å². The van der Waals surface area contributed by atoms with Crippen molar-refractivity contribution in [1.29, 1.82) is 0 Å². The number of alkyl carbamates (subject to hydrolysis) is 1. The molecule has 178 valence electrons. The topological polar surface area (TPSA) is 70.7 Å². The van der Waals surface area contributed by atoms with E-state index in [0.717, 1.165) is 28.8 Å². The van der Waals surface area contributed by atoms with Gasteiger partial charge in [-0.1, -0.05) is 35.8 Å². The van der Waals surface area contributed by atoms with Crippen LogP contribution in [0.2, 0.25) is 0 Å². The summed E-state index contributed by atoms with van der Waals surface area (Å²) in [5.41, 5.74) is 2.98. The Labute approximate surface area is 205 Å². The van der Waals surface area contributed by atoms with Crippen LogP contribution in [0.3, 0.4) is 0 Å². The summed E-state index contributed by atoms with van der Waals surface area (Å²) in [6, 6.07) is 13.9. The second-order valence-electron chi connectivity index (χ2n) is 8.96. The monoisotopic (exact) mass is 515 g/mol. The summed E-state index contributed by atoms with van der Waals surface area (Å²) in [7, 11) is 0. The first-order chi connectivity index (χ1) is 15.8. The second-order valence-corrected chi connectivity index (χ2v) is 9.88. The first-order valence-electron chi connectivity index (χ1n) is 11.6. The first kappa shape index (κ1) is 25.1. The molecule has 1 aliphatic carbocycles. The Morgan fingerprint density at radius 1 is 1.09 bits per heavy atom. The van der Waals surface area contributed by atoms with Crippen LogP contribution in [0.5, 0.6) is 0 Å². The molecule has 0 unspecified atom stereocenters. The molecule has 3 rings (SSSR count). The Hall–Kier alpha value is -2.54. The third-order valence-corrected chi connectivity index (χ3v) is 6.55. The van der Waals surface area contributed by atoms with Crippen molar-refractivity contribution < 1.29 is 14.3 Å². The highest BCUT2D eigenvalue weighted by molar-refractivity contribution is 9.10. The predicted octanol–water partition coefficient (Wildman–Crippen LogP) is 5.54. The largest absolute Gasteiger partial charge is 0.449 e. The van der Waals surface area contributed by atoms with Gasteiger partial charge < -0.3 is 20.3 Å². The van der Waals surface area contributed by atoms with E-state index in [2.05, 4.69) is 51.4 Å². The van der Waals surface area contributed by atoms with E-state index in [1.54, 1.807) is 0 Å². The maximum Gasteiger partial charge on any atom is 0.408 e. The molecule has 2 aromatic carbocycles. The quantitative estimate of drug-likeness (QED) is 0.483. The van der Waals surface area contributed by atoms with Crippen LogP contribution in [0.4, 0.5) is 16.2 Å². The van der Waals surface area contributed by atoms with Crippen molar-refractivity contribution in [2.75, 3.05) is 29.9 Å². The molecule has 1 atom stereocenters. The van der Waals surface area contributed by atoms with Gasteiger partial charge in [-0.05, 0) is 80.1 Å². The molecule has 7 heteroatoms. The molecule has 33 heavy (non-hydrogen) atoms. The summed E-state index contributed by atoms with van der Waals surface area (Å²) >= 11 is 3.52. The number of amides is 2. The Kier molecular flexibility index (Phi) is 8.40. The van der Waals surface area contributed by atoms with E-state index >= 15 is 0 Å². The Morgan fingerprint density at radius 3 is 2.42 bits per heavy atom. The lowest BCUT2D eigenvalue weighted by Gasteiger charge is -2.37. The summed E-state index contributed by atoms with van der Waals surface area (Å²) in [5.74, 6) is -0.0116. The van der Waals surface area contributed by atoms with Crippen LogP contribution >= 0.6 is 15.9 Å². The average Bonchev–Trinajstić information content (AvgIpc) is 2.79. The van der Waals surface area contributed by atoms with Gasteiger partial charge >= 0.3 is 6.09 Å². The zero-order valence-corrected chi connectivity index (χ0v) is 21.5. The van der Waals surface area contributed by atoms with Gasteiger partial charge in [0, 0.05) is 35.4 Å². The van der Waals surface area contributed by atoms with E-state index in [1.165, 1.54) is 5.56 Å². The molecule has 0 aliphatic heterocycles. The lowest BCUT2D eigenvalue weighted by atomic mass is 9.77. The van der Waals surface area contributed by atoms with Gasteiger partial charge in [0.05, 0.1) is 6.61 Å². The maximum absolute atomic E-state index is 13.6. The molecule has 2 N–H and O–H groups in total. The van der Waals surface area contributed by atoms with E-state index in [4.69, 9.17) is 4.74 Å². The zero-order valence-electron chi connectivity index (χ0n) is 19.9. The van der Waals surface area contributed by atoms with Gasteiger partial charge in [-0.3, -0.25) is 4.79 Å². The van der Waals surface area contributed by atoms with Crippen LogP contribution in [-0.2, 0) is 22.4 Å². The number of rotatable bonds is 8. The molecule has 2 amide bonds. The number of carbonyl (C=O) groups is 2. The fraction of sp³-hybridized carbons (Fsp3) is 0.462. The molecule has 1 aliphatic rings. The number of hydrogen-bond donors (Lipinski definition) is 2. The molecule has 0 saturated heterocycles. The predicted molar refractivity (Wildman–Crippen MR) is 137 cm³/mol. The van der Waals surface area contributed by atoms with Crippen molar-refractivity contribution in [2.45, 2.75) is 52.5 Å². The number of halogens is 1. The van der Waals surface area contributed by atoms with Crippen molar-refractivity contribution in [3.63, 3.8) is 0 Å². The van der Waals surface area contributed by atoms with Crippen molar-refractivity contribution >= 4 is 39.3 Å². The summed E-state index contributed by atoms with van der Waals surface area (Å²) in [5, 5.41) is 5.95. The number of carbonyl (C=O) groups excluding carboxylic acids is 2. The fourth-order valence-electron chi connectivity index (χ4n) is 4.19. The van der Waals surface area contributed by atoms with E-state index in [0.29, 0.717) is 31.6 Å². The summed E-state index contributed by atoms with van der Waals surface area (Å²) in [4.78, 5) is 28.4. The van der Waals surface area contributed by atoms with Crippen molar-refractivity contribution in [1.82, 2.24) is 5.32 Å². The van der Waals surface area contributed by atoms with Gasteiger partial charge in [0.15, 0.2) is 0 Å². The van der Waals surface area contributed by atoms with E-state index in [1.807, 2.05) is 50.2 Å². The molecule has 0 fully saturated rings. The zero-order chi connectivity index (χ0) is 24.0. The van der Waals surface area contributed by atoms with Crippen LogP contribution in [0.1, 0.15) is 45.2 Å². The van der Waals surface area contributed by atoms with Gasteiger partial charge in [-0.15, -0.1) is 0 Å². The standard InChI is InChI=1S/C26H34BrN3O3/c1-5-30(6-2)23-11-9-22(10-12-23)28-24(31)26(29-25(32)33-17-18(3)4)14-13-19-15-21(27)8-7-20(19)16-26/h7-12,15,18H,5-6,13-14,16-17H2,1-4H3,(H,28,31)(H,29,32)/t26-/m0/s1. The number of benzene rings is 2. The SMILES string of the molecule is CCN(CC)c1ccc(NC(=O)[C@]2(NC(=O)OCC(C)C)CCc3cc(Br)ccc3C2)cc1. The van der Waals surface area contributed by atoms with E-state index < -0.39 is 11.6 Å². The molecule has 0 aromatic heterocycles. The molecule has 0 radical (unpaired) electrons. The van der Waals surface area contributed by atoms with Gasteiger partial charge in [0.1, 0.15) is 5.54 Å². The molecule has 0 bridgehead atoms. The Bertz CT molecular complexity index is 973. The van der Waals surface area contributed by atoms with Gasteiger partial charge in [-0.2, -0.15) is 0 Å². The Morgan fingerprint density at radius 2 is 1.79 bits per heavy atom. The van der Waals surface area contributed by atoms with Crippen molar-refractivity contribution in [2.24, 2.45) is 5.92 Å². The number of aryl methyl sites for hydroxylation is 1. The number of anilines is 2. The van der Waals surface area contributed by atoms with Crippen molar-refractivity contribution in [3.05, 3.63) is 58.1 Å². The Balaban J connectivity index is 1.82. The third-order valence-electron chi connectivity index (χ3n) is 6.06. The minimum atomic E-state index is -1.08.